The molecule has 0 radical (unpaired) electrons. The van der Waals surface area contributed by atoms with Crippen molar-refractivity contribution < 1.29 is 14.3 Å². The number of Topliss-reactive ketones (excluding diaryl/α,β-unsaturated/α-hetero) is 1. The molecule has 0 aromatic carbocycles. The third-order valence-electron chi connectivity index (χ3n) is 6.85. The molecule has 22 heavy (non-hydrogen) atoms. The van der Waals surface area contributed by atoms with Crippen LogP contribution in [0.4, 0.5) is 0 Å². The number of ketones is 1. The molecule has 124 valence electrons. The maximum atomic E-state index is 12.6. The first-order valence-corrected chi connectivity index (χ1v) is 9.27. The van der Waals surface area contributed by atoms with E-state index in [1.807, 2.05) is 0 Å². The molecule has 0 saturated heterocycles. The maximum absolute atomic E-state index is 12.6. The quantitative estimate of drug-likeness (QED) is 0.543. The zero-order valence-corrected chi connectivity index (χ0v) is 13.9. The third-order valence-corrected chi connectivity index (χ3v) is 6.85. The molecule has 3 nitrogen and oxygen atoms in total. The van der Waals surface area contributed by atoms with E-state index in [9.17, 15) is 9.59 Å². The van der Waals surface area contributed by atoms with E-state index in [2.05, 4.69) is 4.74 Å². The van der Waals surface area contributed by atoms with Gasteiger partial charge in [-0.25, -0.2) is 0 Å². The largest absolute Gasteiger partial charge is 0.469 e. The van der Waals surface area contributed by atoms with Gasteiger partial charge in [0, 0.05) is 18.8 Å². The highest BCUT2D eigenvalue weighted by atomic mass is 16.5. The van der Waals surface area contributed by atoms with Gasteiger partial charge in [-0.05, 0) is 62.2 Å². The summed E-state index contributed by atoms with van der Waals surface area (Å²) in [6.45, 7) is 0. The Morgan fingerprint density at radius 1 is 1.18 bits per heavy atom. The first-order chi connectivity index (χ1) is 10.7. The molecule has 0 unspecified atom stereocenters. The van der Waals surface area contributed by atoms with Crippen molar-refractivity contribution in [3.8, 4) is 0 Å². The van der Waals surface area contributed by atoms with Crippen molar-refractivity contribution >= 4 is 11.8 Å². The van der Waals surface area contributed by atoms with Gasteiger partial charge in [-0.1, -0.05) is 19.3 Å². The summed E-state index contributed by atoms with van der Waals surface area (Å²) < 4.78 is 4.68. The Bertz CT molecular complexity index is 430. The number of hydrogen-bond donors (Lipinski definition) is 0. The molecule has 3 aliphatic carbocycles. The van der Waals surface area contributed by atoms with Crippen LogP contribution in [0.1, 0.15) is 77.0 Å². The highest BCUT2D eigenvalue weighted by Crippen LogP contribution is 2.64. The summed E-state index contributed by atoms with van der Waals surface area (Å²) in [5.74, 6) is 2.34. The second kappa shape index (κ2) is 6.72. The van der Waals surface area contributed by atoms with Gasteiger partial charge in [-0.3, -0.25) is 9.59 Å². The molecule has 1 spiro atoms. The fourth-order valence-electron chi connectivity index (χ4n) is 5.91. The minimum atomic E-state index is -0.101. The van der Waals surface area contributed by atoms with Crippen molar-refractivity contribution in [2.45, 2.75) is 77.0 Å². The molecule has 3 fully saturated rings. The lowest BCUT2D eigenvalue weighted by molar-refractivity contribution is -0.140. The normalized spacial score (nSPS) is 37.0. The van der Waals surface area contributed by atoms with Crippen LogP contribution in [0.3, 0.4) is 0 Å². The average molecular weight is 306 g/mol. The van der Waals surface area contributed by atoms with Crippen LogP contribution < -0.4 is 0 Å². The van der Waals surface area contributed by atoms with Crippen LogP contribution in [-0.2, 0) is 14.3 Å². The zero-order chi connectivity index (χ0) is 15.6. The van der Waals surface area contributed by atoms with Gasteiger partial charge < -0.3 is 4.74 Å². The topological polar surface area (TPSA) is 43.4 Å². The van der Waals surface area contributed by atoms with Crippen LogP contribution in [0.2, 0.25) is 0 Å². The Morgan fingerprint density at radius 2 is 2.05 bits per heavy atom. The van der Waals surface area contributed by atoms with E-state index in [1.165, 1.54) is 52.1 Å². The SMILES string of the molecule is COC(=O)CCCCC[C@H]1CC[C@]23CCC[C@H]2CCC(=O)[C@H]13. The van der Waals surface area contributed by atoms with Gasteiger partial charge in [0.1, 0.15) is 5.78 Å². The first kappa shape index (κ1) is 16.0. The average Bonchev–Trinajstić information content (AvgIpc) is 3.10. The molecule has 3 heteroatoms. The fourth-order valence-corrected chi connectivity index (χ4v) is 5.91. The summed E-state index contributed by atoms with van der Waals surface area (Å²) in [5.41, 5.74) is 0.409. The van der Waals surface area contributed by atoms with E-state index in [4.69, 9.17) is 0 Å². The molecule has 0 heterocycles. The van der Waals surface area contributed by atoms with Gasteiger partial charge in [-0.15, -0.1) is 0 Å². The molecular formula is C19H30O3. The summed E-state index contributed by atoms with van der Waals surface area (Å²) in [7, 11) is 1.45. The van der Waals surface area contributed by atoms with Crippen LogP contribution in [-0.4, -0.2) is 18.9 Å². The second-order valence-electron chi connectivity index (χ2n) is 7.78. The Labute approximate surface area is 134 Å². The predicted molar refractivity (Wildman–Crippen MR) is 85.3 cm³/mol. The van der Waals surface area contributed by atoms with Crippen molar-refractivity contribution in [2.24, 2.45) is 23.2 Å². The number of rotatable bonds is 6. The number of ether oxygens (including phenoxy) is 1. The van der Waals surface area contributed by atoms with Gasteiger partial charge in [-0.2, -0.15) is 0 Å². The molecule has 0 amide bonds. The fraction of sp³-hybridized carbons (Fsp3) is 0.895. The van der Waals surface area contributed by atoms with Crippen LogP contribution in [0.5, 0.6) is 0 Å². The molecule has 0 aliphatic heterocycles. The first-order valence-electron chi connectivity index (χ1n) is 9.27. The Balaban J connectivity index is 1.50. The van der Waals surface area contributed by atoms with Gasteiger partial charge >= 0.3 is 5.97 Å². The van der Waals surface area contributed by atoms with E-state index >= 15 is 0 Å². The van der Waals surface area contributed by atoms with Gasteiger partial charge in [0.05, 0.1) is 7.11 Å². The Kier molecular flexibility index (Phi) is 4.89. The van der Waals surface area contributed by atoms with Crippen LogP contribution in [0.25, 0.3) is 0 Å². The van der Waals surface area contributed by atoms with Crippen molar-refractivity contribution in [1.29, 1.82) is 0 Å². The smallest absolute Gasteiger partial charge is 0.305 e. The minimum absolute atomic E-state index is 0.101. The molecule has 0 aromatic heterocycles. The number of carbonyl (C=O) groups excluding carboxylic acids is 2. The highest BCUT2D eigenvalue weighted by molar-refractivity contribution is 5.83. The van der Waals surface area contributed by atoms with E-state index in [1.54, 1.807) is 0 Å². The minimum Gasteiger partial charge on any atom is -0.469 e. The summed E-state index contributed by atoms with van der Waals surface area (Å²) in [4.78, 5) is 23.7. The monoisotopic (exact) mass is 306 g/mol. The van der Waals surface area contributed by atoms with Crippen molar-refractivity contribution in [3.05, 3.63) is 0 Å². The Hall–Kier alpha value is -0.860. The molecule has 0 N–H and O–H groups in total. The zero-order valence-electron chi connectivity index (χ0n) is 13.9. The number of methoxy groups -OCH3 is 1. The van der Waals surface area contributed by atoms with Crippen LogP contribution >= 0.6 is 0 Å². The highest BCUT2D eigenvalue weighted by Gasteiger charge is 2.58. The lowest BCUT2D eigenvalue weighted by Crippen LogP contribution is -2.41. The van der Waals surface area contributed by atoms with Crippen molar-refractivity contribution in [2.75, 3.05) is 7.11 Å². The van der Waals surface area contributed by atoms with Gasteiger partial charge in [0.15, 0.2) is 0 Å². The number of unbranched alkanes of at least 4 members (excludes halogenated alkanes) is 2. The standard InChI is InChI=1S/C19H30O3/c1-22-17(21)8-4-2-3-6-14-11-13-19-12-5-7-15(19)9-10-16(20)18(14)19/h14-15,18H,2-13H2,1H3/t14-,15-,18-,19+/m0/s1. The molecule has 0 bridgehead atoms. The molecule has 3 saturated carbocycles. The summed E-state index contributed by atoms with van der Waals surface area (Å²) in [5, 5.41) is 0. The van der Waals surface area contributed by atoms with E-state index in [-0.39, 0.29) is 5.97 Å². The van der Waals surface area contributed by atoms with Crippen molar-refractivity contribution in [1.82, 2.24) is 0 Å². The maximum Gasteiger partial charge on any atom is 0.305 e. The van der Waals surface area contributed by atoms with Crippen molar-refractivity contribution in [3.63, 3.8) is 0 Å². The lowest BCUT2D eigenvalue weighted by Gasteiger charge is -2.42. The molecule has 4 atom stereocenters. The lowest BCUT2D eigenvalue weighted by atomic mass is 9.61. The molecule has 3 rings (SSSR count). The number of esters is 1. The molecule has 3 aliphatic rings. The predicted octanol–water partition coefficient (Wildman–Crippen LogP) is 4.29. The summed E-state index contributed by atoms with van der Waals surface area (Å²) >= 11 is 0. The van der Waals surface area contributed by atoms with E-state index in [0.717, 1.165) is 31.6 Å². The third kappa shape index (κ3) is 2.83. The van der Waals surface area contributed by atoms with E-state index < -0.39 is 0 Å². The summed E-state index contributed by atoms with van der Waals surface area (Å²) in [6, 6.07) is 0. The molecular weight excluding hydrogens is 276 g/mol. The van der Waals surface area contributed by atoms with Crippen LogP contribution in [0, 0.1) is 23.2 Å². The Morgan fingerprint density at radius 3 is 2.86 bits per heavy atom. The van der Waals surface area contributed by atoms with Crippen LogP contribution in [0.15, 0.2) is 0 Å². The van der Waals surface area contributed by atoms with Gasteiger partial charge in [0.2, 0.25) is 0 Å². The molecule has 0 aromatic rings. The number of carbonyl (C=O) groups is 2. The van der Waals surface area contributed by atoms with E-state index in [0.29, 0.717) is 29.5 Å². The number of hydrogen-bond acceptors (Lipinski definition) is 3. The summed E-state index contributed by atoms with van der Waals surface area (Å²) in [6.07, 6.45) is 13.5. The second-order valence-corrected chi connectivity index (χ2v) is 7.78. The van der Waals surface area contributed by atoms with Gasteiger partial charge in [0.25, 0.3) is 0 Å².